The predicted octanol–water partition coefficient (Wildman–Crippen LogP) is 13.3. The van der Waals surface area contributed by atoms with Gasteiger partial charge in [0.05, 0.1) is 5.69 Å². The molecule has 2 heteroatoms. The van der Waals surface area contributed by atoms with E-state index in [1.54, 1.807) is 0 Å². The molecule has 0 bridgehead atoms. The number of rotatable bonds is 5. The highest BCUT2D eigenvalue weighted by molar-refractivity contribution is 6.06. The van der Waals surface area contributed by atoms with E-state index in [0.29, 0.717) is 0 Å². The molecule has 0 N–H and O–H groups in total. The van der Waals surface area contributed by atoms with E-state index in [0.717, 1.165) is 33.3 Å². The highest BCUT2D eigenvalue weighted by atomic mass is 16.3. The van der Waals surface area contributed by atoms with Gasteiger partial charge in [-0.15, -0.1) is 0 Å². The Morgan fingerprint density at radius 1 is 0.449 bits per heavy atom. The molecule has 49 heavy (non-hydrogen) atoms. The summed E-state index contributed by atoms with van der Waals surface area (Å²) in [6.45, 7) is 9.18. The van der Waals surface area contributed by atoms with Gasteiger partial charge in [-0.2, -0.15) is 0 Å². The number of nitrogens with zero attached hydrogens (tertiary/aromatic N) is 1. The zero-order valence-electron chi connectivity index (χ0n) is 28.3. The van der Waals surface area contributed by atoms with Crippen LogP contribution in [0.15, 0.2) is 156 Å². The fraction of sp³-hybridized carbons (Fsp3) is 0.106. The van der Waals surface area contributed by atoms with Gasteiger partial charge >= 0.3 is 0 Å². The van der Waals surface area contributed by atoms with Crippen LogP contribution >= 0.6 is 0 Å². The lowest BCUT2D eigenvalue weighted by molar-refractivity contribution is 0.660. The minimum atomic E-state index is -0.101. The van der Waals surface area contributed by atoms with Crippen LogP contribution in [-0.2, 0) is 5.41 Å². The van der Waals surface area contributed by atoms with Crippen LogP contribution in [0, 0.1) is 13.8 Å². The molecule has 0 aliphatic heterocycles. The van der Waals surface area contributed by atoms with E-state index >= 15 is 0 Å². The summed E-state index contributed by atoms with van der Waals surface area (Å²) in [4.78, 5) is 2.43. The summed E-state index contributed by atoms with van der Waals surface area (Å²) in [5, 5.41) is 2.27. The quantitative estimate of drug-likeness (QED) is 0.188. The molecule has 236 valence electrons. The van der Waals surface area contributed by atoms with Crippen molar-refractivity contribution in [2.45, 2.75) is 33.1 Å². The number of fused-ring (bicyclic) bond motifs is 6. The molecule has 0 saturated carbocycles. The first-order valence-electron chi connectivity index (χ1n) is 17.1. The zero-order chi connectivity index (χ0) is 33.3. The van der Waals surface area contributed by atoms with Crippen LogP contribution in [0.4, 0.5) is 17.1 Å². The maximum Gasteiger partial charge on any atom is 0.137 e. The SMILES string of the molecule is Cc1cc(-c2ccc(-c3ccccc3)cc2)cc(C)c1N(c1ccc2c(c1)C(C)(C)c1ccccc1-2)c1ccc2c(c1)oc1ccccc12. The van der Waals surface area contributed by atoms with Gasteiger partial charge in [0.25, 0.3) is 0 Å². The average Bonchev–Trinajstić information content (AvgIpc) is 3.61. The zero-order valence-corrected chi connectivity index (χ0v) is 28.3. The lowest BCUT2D eigenvalue weighted by Crippen LogP contribution is -2.17. The Morgan fingerprint density at radius 3 is 1.80 bits per heavy atom. The second-order valence-electron chi connectivity index (χ2n) is 13.9. The van der Waals surface area contributed by atoms with E-state index in [-0.39, 0.29) is 5.41 Å². The Hall–Kier alpha value is -5.86. The van der Waals surface area contributed by atoms with Crippen molar-refractivity contribution in [2.24, 2.45) is 0 Å². The molecule has 0 saturated heterocycles. The van der Waals surface area contributed by atoms with Crippen LogP contribution in [0.1, 0.15) is 36.1 Å². The van der Waals surface area contributed by atoms with Gasteiger partial charge in [0, 0.05) is 33.6 Å². The molecule has 8 aromatic rings. The van der Waals surface area contributed by atoms with Crippen molar-refractivity contribution in [2.75, 3.05) is 4.90 Å². The Morgan fingerprint density at radius 2 is 1.02 bits per heavy atom. The molecule has 1 aliphatic rings. The van der Waals surface area contributed by atoms with Gasteiger partial charge in [0.2, 0.25) is 0 Å². The van der Waals surface area contributed by atoms with Crippen LogP contribution < -0.4 is 4.90 Å². The second-order valence-corrected chi connectivity index (χ2v) is 13.9. The van der Waals surface area contributed by atoms with Gasteiger partial charge in [-0.3, -0.25) is 0 Å². The number of hydrogen-bond acceptors (Lipinski definition) is 2. The second kappa shape index (κ2) is 11.1. The van der Waals surface area contributed by atoms with E-state index in [1.807, 2.05) is 12.1 Å². The van der Waals surface area contributed by atoms with Crippen LogP contribution in [0.3, 0.4) is 0 Å². The Kier molecular flexibility index (Phi) is 6.64. The molecular weight excluding hydrogens is 595 g/mol. The average molecular weight is 632 g/mol. The van der Waals surface area contributed by atoms with Crippen LogP contribution in [0.5, 0.6) is 0 Å². The van der Waals surface area contributed by atoms with Crippen LogP contribution in [0.25, 0.3) is 55.3 Å². The van der Waals surface area contributed by atoms with E-state index in [2.05, 4.69) is 172 Å². The van der Waals surface area contributed by atoms with Gasteiger partial charge in [-0.05, 0) is 112 Å². The van der Waals surface area contributed by atoms with Gasteiger partial charge in [0.1, 0.15) is 11.2 Å². The number of para-hydroxylation sites is 1. The standard InChI is InChI=1S/C47H37NO/c1-30-26-35(34-20-18-33(19-21-34)32-12-6-5-7-13-32)27-31(2)46(30)48(37-23-25-41-40-15-9-11-17-44(40)49-45(41)29-37)36-22-24-39-38-14-8-10-16-42(38)47(3,4)43(39)28-36/h5-29H,1-4H3. The topological polar surface area (TPSA) is 16.4 Å². The molecule has 1 aromatic heterocycles. The van der Waals surface area contributed by atoms with E-state index < -0.39 is 0 Å². The van der Waals surface area contributed by atoms with E-state index in [9.17, 15) is 0 Å². The first-order valence-corrected chi connectivity index (χ1v) is 17.1. The summed E-state index contributed by atoms with van der Waals surface area (Å²) < 4.78 is 6.42. The first-order chi connectivity index (χ1) is 23.9. The van der Waals surface area contributed by atoms with Crippen molar-refractivity contribution < 1.29 is 4.42 Å². The number of benzene rings is 7. The molecule has 1 heterocycles. The summed E-state index contributed by atoms with van der Waals surface area (Å²) in [5.74, 6) is 0. The van der Waals surface area contributed by atoms with Crippen molar-refractivity contribution >= 4 is 39.0 Å². The lowest BCUT2D eigenvalue weighted by atomic mass is 9.82. The molecule has 0 radical (unpaired) electrons. The summed E-state index contributed by atoms with van der Waals surface area (Å²) in [5.41, 5.74) is 17.8. The van der Waals surface area contributed by atoms with Gasteiger partial charge in [0.15, 0.2) is 0 Å². The maximum absolute atomic E-state index is 6.42. The van der Waals surface area contributed by atoms with Gasteiger partial charge in [-0.1, -0.05) is 117 Å². The molecule has 0 amide bonds. The summed E-state index contributed by atoms with van der Waals surface area (Å²) in [7, 11) is 0. The first kappa shape index (κ1) is 29.3. The maximum atomic E-state index is 6.42. The molecule has 0 fully saturated rings. The summed E-state index contributed by atoms with van der Waals surface area (Å²) in [6.07, 6.45) is 0. The minimum Gasteiger partial charge on any atom is -0.456 e. The molecule has 0 atom stereocenters. The van der Waals surface area contributed by atoms with Crippen molar-refractivity contribution in [1.29, 1.82) is 0 Å². The Balaban J connectivity index is 1.20. The largest absolute Gasteiger partial charge is 0.456 e. The molecular formula is C47H37NO. The molecule has 2 nitrogen and oxygen atoms in total. The summed E-state index contributed by atoms with van der Waals surface area (Å²) >= 11 is 0. The third kappa shape index (κ3) is 4.70. The fourth-order valence-corrected chi connectivity index (χ4v) is 8.05. The Labute approximate surface area is 287 Å². The molecule has 7 aromatic carbocycles. The molecule has 0 spiro atoms. The fourth-order valence-electron chi connectivity index (χ4n) is 8.05. The van der Waals surface area contributed by atoms with Crippen LogP contribution in [-0.4, -0.2) is 0 Å². The van der Waals surface area contributed by atoms with Gasteiger partial charge in [-0.25, -0.2) is 0 Å². The van der Waals surface area contributed by atoms with E-state index in [1.165, 1.54) is 61.3 Å². The van der Waals surface area contributed by atoms with E-state index in [4.69, 9.17) is 4.42 Å². The third-order valence-corrected chi connectivity index (χ3v) is 10.5. The van der Waals surface area contributed by atoms with Crippen LogP contribution in [0.2, 0.25) is 0 Å². The number of furan rings is 1. The normalized spacial score (nSPS) is 13.1. The summed E-state index contributed by atoms with van der Waals surface area (Å²) in [6, 6.07) is 55.0. The predicted molar refractivity (Wildman–Crippen MR) is 206 cm³/mol. The molecule has 0 unspecified atom stereocenters. The lowest BCUT2D eigenvalue weighted by Gasteiger charge is -2.31. The Bertz CT molecular complexity index is 2510. The van der Waals surface area contributed by atoms with Crippen molar-refractivity contribution in [1.82, 2.24) is 0 Å². The van der Waals surface area contributed by atoms with Crippen molar-refractivity contribution in [3.63, 3.8) is 0 Å². The monoisotopic (exact) mass is 631 g/mol. The van der Waals surface area contributed by atoms with Crippen molar-refractivity contribution in [3.05, 3.63) is 174 Å². The third-order valence-electron chi connectivity index (χ3n) is 10.5. The highest BCUT2D eigenvalue weighted by Crippen LogP contribution is 2.51. The van der Waals surface area contributed by atoms with Gasteiger partial charge < -0.3 is 9.32 Å². The molecule has 9 rings (SSSR count). The number of anilines is 3. The highest BCUT2D eigenvalue weighted by Gasteiger charge is 2.36. The smallest absolute Gasteiger partial charge is 0.137 e. The number of aryl methyl sites for hydroxylation is 2. The minimum absolute atomic E-state index is 0.101. The molecule has 1 aliphatic carbocycles. The van der Waals surface area contributed by atoms with Crippen molar-refractivity contribution in [3.8, 4) is 33.4 Å². The number of hydrogen-bond donors (Lipinski definition) is 0.